The van der Waals surface area contributed by atoms with Crippen molar-refractivity contribution in [2.75, 3.05) is 40.3 Å². The van der Waals surface area contributed by atoms with Gasteiger partial charge in [-0.25, -0.2) is 13.1 Å². The lowest BCUT2D eigenvalue weighted by molar-refractivity contribution is -0.127. The molecule has 0 spiro atoms. The molecule has 7 heteroatoms. The maximum atomic E-state index is 12.2. The van der Waals surface area contributed by atoms with Crippen molar-refractivity contribution in [2.45, 2.75) is 30.6 Å². The molecule has 1 fully saturated rings. The molecule has 1 amide bonds. The van der Waals surface area contributed by atoms with Gasteiger partial charge in [0.05, 0.1) is 4.90 Å². The van der Waals surface area contributed by atoms with E-state index in [0.29, 0.717) is 19.5 Å². The van der Waals surface area contributed by atoms with E-state index in [1.807, 2.05) is 36.0 Å². The van der Waals surface area contributed by atoms with Crippen LogP contribution in [0.25, 0.3) is 0 Å². The number of rotatable bonds is 9. The summed E-state index contributed by atoms with van der Waals surface area (Å²) >= 11 is 0. The molecule has 24 heavy (non-hydrogen) atoms. The summed E-state index contributed by atoms with van der Waals surface area (Å²) in [5.74, 6) is 0.219. The molecule has 1 aromatic rings. The molecule has 1 heterocycles. The van der Waals surface area contributed by atoms with Crippen molar-refractivity contribution < 1.29 is 13.2 Å². The highest BCUT2D eigenvalue weighted by Gasteiger charge is 2.19. The topological polar surface area (TPSA) is 69.7 Å². The quantitative estimate of drug-likeness (QED) is 0.675. The average Bonchev–Trinajstić information content (AvgIpc) is 2.95. The van der Waals surface area contributed by atoms with Crippen LogP contribution in [0.4, 0.5) is 0 Å². The van der Waals surface area contributed by atoms with E-state index in [0.717, 1.165) is 37.9 Å². The zero-order valence-electron chi connectivity index (χ0n) is 14.5. The van der Waals surface area contributed by atoms with E-state index in [4.69, 9.17) is 0 Å². The van der Waals surface area contributed by atoms with E-state index in [9.17, 15) is 13.2 Å². The Kier molecular flexibility index (Phi) is 6.77. The first-order valence-electron chi connectivity index (χ1n) is 8.39. The third-order valence-electron chi connectivity index (χ3n) is 4.15. The van der Waals surface area contributed by atoms with E-state index in [1.165, 1.54) is 0 Å². The molecule has 1 saturated heterocycles. The summed E-state index contributed by atoms with van der Waals surface area (Å²) in [6.07, 6.45) is 3.11. The summed E-state index contributed by atoms with van der Waals surface area (Å²) in [4.78, 5) is 15.8. The van der Waals surface area contributed by atoms with Crippen molar-refractivity contribution in [2.24, 2.45) is 0 Å². The van der Waals surface area contributed by atoms with E-state index in [2.05, 4.69) is 4.72 Å². The van der Waals surface area contributed by atoms with Gasteiger partial charge in [0.15, 0.2) is 0 Å². The molecule has 0 aromatic heterocycles. The number of hydrogen-bond donors (Lipinski definition) is 1. The Morgan fingerprint density at radius 1 is 1.21 bits per heavy atom. The molecule has 134 valence electrons. The Morgan fingerprint density at radius 2 is 1.92 bits per heavy atom. The number of hydrogen-bond acceptors (Lipinski definition) is 4. The predicted molar refractivity (Wildman–Crippen MR) is 94.3 cm³/mol. The van der Waals surface area contributed by atoms with Gasteiger partial charge in [-0.05, 0) is 57.6 Å². The summed E-state index contributed by atoms with van der Waals surface area (Å²) in [6.45, 7) is 2.81. The highest BCUT2D eigenvalue weighted by molar-refractivity contribution is 7.89. The number of carbonyl (C=O) groups excluding carboxylic acids is 1. The molecular weight excluding hydrogens is 326 g/mol. The third-order valence-corrected chi connectivity index (χ3v) is 5.63. The van der Waals surface area contributed by atoms with Crippen LogP contribution in [-0.2, 0) is 21.2 Å². The zero-order chi connectivity index (χ0) is 17.6. The summed E-state index contributed by atoms with van der Waals surface area (Å²) in [5, 5.41) is 0. The minimum absolute atomic E-state index is 0.219. The lowest BCUT2D eigenvalue weighted by Gasteiger charge is -2.15. The van der Waals surface area contributed by atoms with Crippen molar-refractivity contribution in [1.29, 1.82) is 0 Å². The molecule has 1 N–H and O–H groups in total. The van der Waals surface area contributed by atoms with Gasteiger partial charge >= 0.3 is 0 Å². The zero-order valence-corrected chi connectivity index (χ0v) is 15.3. The fraction of sp³-hybridized carbons (Fsp3) is 0.588. The first kappa shape index (κ1) is 18.9. The van der Waals surface area contributed by atoms with Crippen LogP contribution in [0.5, 0.6) is 0 Å². The summed E-state index contributed by atoms with van der Waals surface area (Å²) in [7, 11) is 0.475. The Labute approximate surface area is 144 Å². The first-order valence-corrected chi connectivity index (χ1v) is 9.88. The lowest BCUT2D eigenvalue weighted by Crippen LogP contribution is -2.27. The standard InChI is InChI=1S/C17H27N3O3S/c1-19(2)12-4-11-18-24(22,23)16-8-6-15(7-9-16)10-14-20-13-3-5-17(20)21/h6-9,18H,3-5,10-14H2,1-2H3. The molecule has 1 aliphatic rings. The molecule has 2 rings (SSSR count). The fourth-order valence-corrected chi connectivity index (χ4v) is 3.80. The molecule has 0 aliphatic carbocycles. The largest absolute Gasteiger partial charge is 0.342 e. The number of benzene rings is 1. The van der Waals surface area contributed by atoms with Crippen LogP contribution in [0.2, 0.25) is 0 Å². The molecule has 1 aliphatic heterocycles. The van der Waals surface area contributed by atoms with Gasteiger partial charge in [-0.2, -0.15) is 0 Å². The first-order chi connectivity index (χ1) is 11.4. The number of nitrogens with zero attached hydrogens (tertiary/aromatic N) is 2. The minimum atomic E-state index is -3.45. The predicted octanol–water partition coefficient (Wildman–Crippen LogP) is 1.08. The normalized spacial score (nSPS) is 15.5. The summed E-state index contributed by atoms with van der Waals surface area (Å²) in [5.41, 5.74) is 1.04. The molecule has 1 aromatic carbocycles. The fourth-order valence-electron chi connectivity index (χ4n) is 2.72. The van der Waals surface area contributed by atoms with Gasteiger partial charge in [-0.1, -0.05) is 12.1 Å². The average molecular weight is 353 g/mol. The monoisotopic (exact) mass is 353 g/mol. The molecule has 6 nitrogen and oxygen atoms in total. The number of carbonyl (C=O) groups is 1. The van der Waals surface area contributed by atoms with Crippen LogP contribution in [0.3, 0.4) is 0 Å². The second-order valence-corrected chi connectivity index (χ2v) is 8.20. The van der Waals surface area contributed by atoms with E-state index in [1.54, 1.807) is 12.1 Å². The Hall–Kier alpha value is -1.44. The van der Waals surface area contributed by atoms with Crippen LogP contribution >= 0.6 is 0 Å². The lowest BCUT2D eigenvalue weighted by atomic mass is 10.1. The van der Waals surface area contributed by atoms with Gasteiger partial charge in [0, 0.05) is 26.1 Å². The molecule has 0 saturated carbocycles. The second kappa shape index (κ2) is 8.60. The number of sulfonamides is 1. The van der Waals surface area contributed by atoms with Gasteiger partial charge in [-0.15, -0.1) is 0 Å². The van der Waals surface area contributed by atoms with Crippen LogP contribution < -0.4 is 4.72 Å². The highest BCUT2D eigenvalue weighted by atomic mass is 32.2. The van der Waals surface area contributed by atoms with Gasteiger partial charge in [0.25, 0.3) is 0 Å². The van der Waals surface area contributed by atoms with Crippen molar-refractivity contribution in [3.8, 4) is 0 Å². The van der Waals surface area contributed by atoms with E-state index in [-0.39, 0.29) is 10.8 Å². The second-order valence-electron chi connectivity index (χ2n) is 6.43. The summed E-state index contributed by atoms with van der Waals surface area (Å²) < 4.78 is 27.1. The van der Waals surface area contributed by atoms with Crippen molar-refractivity contribution in [1.82, 2.24) is 14.5 Å². The van der Waals surface area contributed by atoms with Gasteiger partial charge in [-0.3, -0.25) is 4.79 Å². The molecule has 0 atom stereocenters. The van der Waals surface area contributed by atoms with E-state index < -0.39 is 10.0 Å². The van der Waals surface area contributed by atoms with Gasteiger partial charge < -0.3 is 9.80 Å². The minimum Gasteiger partial charge on any atom is -0.342 e. The van der Waals surface area contributed by atoms with Gasteiger partial charge in [0.2, 0.25) is 15.9 Å². The van der Waals surface area contributed by atoms with Crippen molar-refractivity contribution in [3.63, 3.8) is 0 Å². The smallest absolute Gasteiger partial charge is 0.240 e. The molecular formula is C17H27N3O3S. The van der Waals surface area contributed by atoms with Crippen LogP contribution in [0.15, 0.2) is 29.2 Å². The maximum absolute atomic E-state index is 12.2. The Balaban J connectivity index is 1.84. The van der Waals surface area contributed by atoms with Crippen molar-refractivity contribution in [3.05, 3.63) is 29.8 Å². The molecule has 0 unspecified atom stereocenters. The molecule has 0 bridgehead atoms. The summed E-state index contributed by atoms with van der Waals surface area (Å²) in [6, 6.07) is 6.93. The van der Waals surface area contributed by atoms with Gasteiger partial charge in [0.1, 0.15) is 0 Å². The Morgan fingerprint density at radius 3 is 2.50 bits per heavy atom. The third kappa shape index (κ3) is 5.58. The number of amides is 1. The van der Waals surface area contributed by atoms with Crippen LogP contribution in [0, 0.1) is 0 Å². The maximum Gasteiger partial charge on any atom is 0.240 e. The Bertz CT molecular complexity index is 642. The molecule has 0 radical (unpaired) electrons. The number of nitrogens with one attached hydrogen (secondary N) is 1. The highest BCUT2D eigenvalue weighted by Crippen LogP contribution is 2.14. The van der Waals surface area contributed by atoms with Crippen LogP contribution in [-0.4, -0.2) is 64.4 Å². The van der Waals surface area contributed by atoms with Crippen molar-refractivity contribution >= 4 is 15.9 Å². The van der Waals surface area contributed by atoms with Crippen LogP contribution in [0.1, 0.15) is 24.8 Å². The number of likely N-dealkylation sites (tertiary alicyclic amines) is 1. The SMILES string of the molecule is CN(C)CCCNS(=O)(=O)c1ccc(CCN2CCCC2=O)cc1. The van der Waals surface area contributed by atoms with E-state index >= 15 is 0 Å².